The number of hydrogen-bond donors (Lipinski definition) is 0. The Hall–Kier alpha value is -2.61. The summed E-state index contributed by atoms with van der Waals surface area (Å²) in [5.41, 5.74) is 2.15. The zero-order chi connectivity index (χ0) is 21.7. The highest BCUT2D eigenvalue weighted by molar-refractivity contribution is 7.92. The SMILES string of the molecule is Cc1cccc(N(CCCC(=O)N2CCN(c3ccccc3F)CC2)S(C)(=O)=O)c1. The van der Waals surface area contributed by atoms with Gasteiger partial charge in [-0.2, -0.15) is 0 Å². The van der Waals surface area contributed by atoms with E-state index in [1.807, 2.05) is 30.0 Å². The summed E-state index contributed by atoms with van der Waals surface area (Å²) in [4.78, 5) is 16.3. The van der Waals surface area contributed by atoms with Gasteiger partial charge in [0.25, 0.3) is 0 Å². The zero-order valence-corrected chi connectivity index (χ0v) is 18.2. The summed E-state index contributed by atoms with van der Waals surface area (Å²) in [5, 5.41) is 0. The summed E-state index contributed by atoms with van der Waals surface area (Å²) in [7, 11) is -3.43. The maximum absolute atomic E-state index is 14.0. The molecule has 1 saturated heterocycles. The van der Waals surface area contributed by atoms with E-state index in [2.05, 4.69) is 0 Å². The van der Waals surface area contributed by atoms with Gasteiger partial charge < -0.3 is 9.80 Å². The maximum atomic E-state index is 14.0. The van der Waals surface area contributed by atoms with Crippen LogP contribution in [0.25, 0.3) is 0 Å². The van der Waals surface area contributed by atoms with E-state index in [1.165, 1.54) is 16.6 Å². The molecule has 2 aromatic rings. The lowest BCUT2D eigenvalue weighted by Gasteiger charge is -2.36. The van der Waals surface area contributed by atoms with Gasteiger partial charge in [0, 0.05) is 39.1 Å². The number of hydrogen-bond acceptors (Lipinski definition) is 4. The minimum atomic E-state index is -3.43. The van der Waals surface area contributed by atoms with Crippen LogP contribution >= 0.6 is 0 Å². The smallest absolute Gasteiger partial charge is 0.232 e. The average Bonchev–Trinajstić information content (AvgIpc) is 2.70. The minimum absolute atomic E-state index is 0.000812. The van der Waals surface area contributed by atoms with E-state index in [9.17, 15) is 17.6 Å². The lowest BCUT2D eigenvalue weighted by molar-refractivity contribution is -0.131. The van der Waals surface area contributed by atoms with Gasteiger partial charge >= 0.3 is 0 Å². The van der Waals surface area contributed by atoms with Crippen LogP contribution in [0.3, 0.4) is 0 Å². The molecule has 0 aromatic heterocycles. The van der Waals surface area contributed by atoms with Crippen LogP contribution in [0.5, 0.6) is 0 Å². The highest BCUT2D eigenvalue weighted by Crippen LogP contribution is 2.22. The second-order valence-electron chi connectivity index (χ2n) is 7.60. The number of carbonyl (C=O) groups excluding carboxylic acids is 1. The second kappa shape index (κ2) is 9.47. The number of nitrogens with zero attached hydrogens (tertiary/aromatic N) is 3. The van der Waals surface area contributed by atoms with E-state index in [-0.39, 0.29) is 24.7 Å². The Morgan fingerprint density at radius 1 is 1.07 bits per heavy atom. The number of piperazine rings is 1. The molecule has 0 saturated carbocycles. The highest BCUT2D eigenvalue weighted by atomic mass is 32.2. The summed E-state index contributed by atoms with van der Waals surface area (Å²) in [6.07, 6.45) is 1.89. The van der Waals surface area contributed by atoms with Crippen molar-refractivity contribution < 1.29 is 17.6 Å². The Bertz CT molecular complexity index is 989. The van der Waals surface area contributed by atoms with Crippen molar-refractivity contribution in [3.8, 4) is 0 Å². The van der Waals surface area contributed by atoms with E-state index in [0.717, 1.165) is 5.56 Å². The van der Waals surface area contributed by atoms with Gasteiger partial charge in [0.05, 0.1) is 17.6 Å². The van der Waals surface area contributed by atoms with Crippen molar-refractivity contribution in [1.82, 2.24) is 4.90 Å². The van der Waals surface area contributed by atoms with Gasteiger partial charge in [-0.3, -0.25) is 9.10 Å². The molecule has 30 heavy (non-hydrogen) atoms. The summed E-state index contributed by atoms with van der Waals surface area (Å²) >= 11 is 0. The Kier molecular flexibility index (Phi) is 6.97. The van der Waals surface area contributed by atoms with Crippen molar-refractivity contribution in [2.75, 3.05) is 48.2 Å². The maximum Gasteiger partial charge on any atom is 0.232 e. The van der Waals surface area contributed by atoms with E-state index in [4.69, 9.17) is 0 Å². The van der Waals surface area contributed by atoms with Crippen LogP contribution in [0.15, 0.2) is 48.5 Å². The molecule has 6 nitrogen and oxygen atoms in total. The molecular formula is C22H28FN3O3S. The first-order valence-electron chi connectivity index (χ1n) is 10.1. The molecule has 0 unspecified atom stereocenters. The number of benzene rings is 2. The highest BCUT2D eigenvalue weighted by Gasteiger charge is 2.23. The molecule has 0 aliphatic carbocycles. The number of carbonyl (C=O) groups is 1. The lowest BCUT2D eigenvalue weighted by atomic mass is 10.2. The van der Waals surface area contributed by atoms with Gasteiger partial charge in [0.2, 0.25) is 15.9 Å². The Labute approximate surface area is 177 Å². The molecular weight excluding hydrogens is 405 g/mol. The molecule has 0 spiro atoms. The molecule has 1 amide bonds. The molecule has 1 heterocycles. The van der Waals surface area contributed by atoms with Crippen LogP contribution in [0.2, 0.25) is 0 Å². The van der Waals surface area contributed by atoms with Crippen molar-refractivity contribution in [3.63, 3.8) is 0 Å². The molecule has 162 valence electrons. The zero-order valence-electron chi connectivity index (χ0n) is 17.4. The Morgan fingerprint density at radius 3 is 2.40 bits per heavy atom. The van der Waals surface area contributed by atoms with Crippen LogP contribution < -0.4 is 9.21 Å². The molecule has 1 fully saturated rings. The van der Waals surface area contributed by atoms with Crippen LogP contribution in [0, 0.1) is 12.7 Å². The fraction of sp³-hybridized carbons (Fsp3) is 0.409. The standard InChI is InChI=1S/C22H28FN3O3S/c1-18-7-5-8-19(17-18)26(30(2,28)29)12-6-11-22(27)25-15-13-24(14-16-25)21-10-4-3-9-20(21)23/h3-5,7-10,17H,6,11-16H2,1-2H3. The molecule has 2 aromatic carbocycles. The quantitative estimate of drug-likeness (QED) is 0.674. The largest absolute Gasteiger partial charge is 0.366 e. The molecule has 1 aliphatic rings. The van der Waals surface area contributed by atoms with Gasteiger partial charge in [-0.25, -0.2) is 12.8 Å². The number of rotatable bonds is 7. The molecule has 0 bridgehead atoms. The molecule has 0 radical (unpaired) electrons. The number of sulfonamides is 1. The summed E-state index contributed by atoms with van der Waals surface area (Å²) < 4.78 is 39.7. The summed E-state index contributed by atoms with van der Waals surface area (Å²) in [6, 6.07) is 14.0. The molecule has 0 N–H and O–H groups in total. The number of aryl methyl sites for hydroxylation is 1. The molecule has 0 atom stereocenters. The predicted octanol–water partition coefficient (Wildman–Crippen LogP) is 3.03. The number of anilines is 2. The van der Waals surface area contributed by atoms with Gasteiger partial charge in [0.1, 0.15) is 5.82 Å². The third-order valence-electron chi connectivity index (χ3n) is 5.27. The van der Waals surface area contributed by atoms with Crippen molar-refractivity contribution in [2.45, 2.75) is 19.8 Å². The first-order valence-corrected chi connectivity index (χ1v) is 11.9. The van der Waals surface area contributed by atoms with Crippen molar-refractivity contribution >= 4 is 27.3 Å². The lowest BCUT2D eigenvalue weighted by Crippen LogP contribution is -2.49. The van der Waals surface area contributed by atoms with Crippen LogP contribution in [-0.4, -0.2) is 58.2 Å². The van der Waals surface area contributed by atoms with Gasteiger partial charge in [-0.15, -0.1) is 0 Å². The Balaban J connectivity index is 1.52. The van der Waals surface area contributed by atoms with Crippen molar-refractivity contribution in [3.05, 3.63) is 59.9 Å². The number of amides is 1. The fourth-order valence-corrected chi connectivity index (χ4v) is 4.66. The normalized spacial score (nSPS) is 14.6. The topological polar surface area (TPSA) is 60.9 Å². The van der Waals surface area contributed by atoms with Crippen molar-refractivity contribution in [1.29, 1.82) is 0 Å². The molecule has 3 rings (SSSR count). The van der Waals surface area contributed by atoms with Gasteiger partial charge in [0.15, 0.2) is 0 Å². The third kappa shape index (κ3) is 5.50. The van der Waals surface area contributed by atoms with Gasteiger partial charge in [-0.05, 0) is 43.2 Å². The van der Waals surface area contributed by atoms with Crippen LogP contribution in [-0.2, 0) is 14.8 Å². The second-order valence-corrected chi connectivity index (χ2v) is 9.50. The summed E-state index contributed by atoms with van der Waals surface area (Å²) in [6.45, 7) is 4.37. The minimum Gasteiger partial charge on any atom is -0.366 e. The van der Waals surface area contributed by atoms with Crippen molar-refractivity contribution in [2.24, 2.45) is 0 Å². The monoisotopic (exact) mass is 433 g/mol. The van der Waals surface area contributed by atoms with E-state index in [1.54, 1.807) is 29.2 Å². The van der Waals surface area contributed by atoms with E-state index >= 15 is 0 Å². The van der Waals surface area contributed by atoms with E-state index in [0.29, 0.717) is 44.0 Å². The third-order valence-corrected chi connectivity index (χ3v) is 6.46. The Morgan fingerprint density at radius 2 is 1.77 bits per heavy atom. The van der Waals surface area contributed by atoms with E-state index < -0.39 is 10.0 Å². The predicted molar refractivity (Wildman–Crippen MR) is 118 cm³/mol. The van der Waals surface area contributed by atoms with Gasteiger partial charge in [-0.1, -0.05) is 24.3 Å². The summed E-state index contributed by atoms with van der Waals surface area (Å²) in [5.74, 6) is -0.254. The first kappa shape index (κ1) is 22.1. The first-order chi connectivity index (χ1) is 14.3. The molecule has 8 heteroatoms. The number of halogens is 1. The average molecular weight is 434 g/mol. The van der Waals surface area contributed by atoms with Crippen LogP contribution in [0.4, 0.5) is 15.8 Å². The number of para-hydroxylation sites is 1. The molecule has 1 aliphatic heterocycles. The fourth-order valence-electron chi connectivity index (χ4n) is 3.71. The van der Waals surface area contributed by atoms with Crippen LogP contribution in [0.1, 0.15) is 18.4 Å².